The average molecular weight is 396 g/mol. The van der Waals surface area contributed by atoms with E-state index in [0.29, 0.717) is 5.92 Å². The van der Waals surface area contributed by atoms with E-state index >= 15 is 0 Å². The highest BCUT2D eigenvalue weighted by molar-refractivity contribution is 5.74. The summed E-state index contributed by atoms with van der Waals surface area (Å²) >= 11 is 0. The van der Waals surface area contributed by atoms with Crippen LogP contribution in [0.15, 0.2) is 30.3 Å². The lowest BCUT2D eigenvalue weighted by molar-refractivity contribution is -0.129. The largest absolute Gasteiger partial charge is 0.373 e. The smallest absolute Gasteiger partial charge is 0.220 e. The molecule has 0 spiro atoms. The summed E-state index contributed by atoms with van der Waals surface area (Å²) in [5, 5.41) is 3.14. The molecule has 3 rings (SSSR count). The van der Waals surface area contributed by atoms with Crippen molar-refractivity contribution in [1.29, 1.82) is 0 Å². The first-order valence-electron chi connectivity index (χ1n) is 10.5. The lowest BCUT2D eigenvalue weighted by Crippen LogP contribution is -2.29. The van der Waals surface area contributed by atoms with E-state index < -0.39 is 0 Å². The summed E-state index contributed by atoms with van der Waals surface area (Å²) in [7, 11) is 3.97. The summed E-state index contributed by atoms with van der Waals surface area (Å²) in [5.74, 6) is 2.19. The minimum absolute atomic E-state index is 0.0200. The van der Waals surface area contributed by atoms with Crippen molar-refractivity contribution in [2.45, 2.75) is 58.7 Å². The maximum Gasteiger partial charge on any atom is 0.220 e. The molecule has 0 saturated carbocycles. The molecule has 1 aliphatic rings. The number of likely N-dealkylation sites (tertiary alicyclic amines) is 1. The highest BCUT2D eigenvalue weighted by Gasteiger charge is 2.30. The normalized spacial score (nSPS) is 16.7. The van der Waals surface area contributed by atoms with E-state index in [4.69, 9.17) is 4.98 Å². The fourth-order valence-electron chi connectivity index (χ4n) is 3.94. The first kappa shape index (κ1) is 21.2. The van der Waals surface area contributed by atoms with Crippen molar-refractivity contribution in [3.05, 3.63) is 53.0 Å². The number of hydrogen-bond acceptors (Lipinski definition) is 5. The van der Waals surface area contributed by atoms with Gasteiger partial charge in [0.15, 0.2) is 5.82 Å². The highest BCUT2D eigenvalue weighted by atomic mass is 16.2. The molecule has 2 heterocycles. The second kappa shape index (κ2) is 9.35. The number of carbonyl (C=O) groups excluding carboxylic acids is 1. The van der Waals surface area contributed by atoms with Gasteiger partial charge in [-0.3, -0.25) is 9.69 Å². The Labute approximate surface area is 174 Å². The molecule has 0 radical (unpaired) electrons. The molecule has 0 aliphatic carbocycles. The van der Waals surface area contributed by atoms with Gasteiger partial charge >= 0.3 is 0 Å². The van der Waals surface area contributed by atoms with Gasteiger partial charge in [0.1, 0.15) is 5.82 Å². The molecule has 1 N–H and O–H groups in total. The Morgan fingerprint density at radius 1 is 1.24 bits per heavy atom. The number of hydrogen-bond donors (Lipinski definition) is 1. The van der Waals surface area contributed by atoms with Crippen LogP contribution in [0.25, 0.3) is 0 Å². The van der Waals surface area contributed by atoms with Crippen LogP contribution in [0.3, 0.4) is 0 Å². The number of aromatic nitrogens is 2. The SMILES string of the molecule is CNc1cc(CN(C)Cc2ccc(C(C)C)cc2)nc([C@@H]2CCCN2C(C)=O)n1. The highest BCUT2D eigenvalue weighted by Crippen LogP contribution is 2.30. The predicted molar refractivity (Wildman–Crippen MR) is 117 cm³/mol. The number of nitrogens with zero attached hydrogens (tertiary/aromatic N) is 4. The first-order valence-corrected chi connectivity index (χ1v) is 10.5. The van der Waals surface area contributed by atoms with Crippen LogP contribution in [0, 0.1) is 0 Å². The Hall–Kier alpha value is -2.47. The van der Waals surface area contributed by atoms with Gasteiger partial charge in [-0.1, -0.05) is 38.1 Å². The molecule has 0 unspecified atom stereocenters. The van der Waals surface area contributed by atoms with Gasteiger partial charge in [0.25, 0.3) is 0 Å². The van der Waals surface area contributed by atoms with Gasteiger partial charge < -0.3 is 10.2 Å². The van der Waals surface area contributed by atoms with Crippen LogP contribution in [-0.4, -0.2) is 46.3 Å². The van der Waals surface area contributed by atoms with Gasteiger partial charge in [0.2, 0.25) is 5.91 Å². The number of anilines is 1. The maximum absolute atomic E-state index is 12.0. The standard InChI is InChI=1S/C23H33N5O/c1-16(2)19-10-8-18(9-11-19)14-27(5)15-20-13-22(24-4)26-23(25-20)21-7-6-12-28(21)17(3)29/h8-11,13,16,21H,6-7,12,14-15H2,1-5H3,(H,24,25,26)/t21-/m0/s1. The number of nitrogens with one attached hydrogen (secondary N) is 1. The molecule has 0 bridgehead atoms. The van der Waals surface area contributed by atoms with Crippen molar-refractivity contribution in [2.24, 2.45) is 0 Å². The maximum atomic E-state index is 12.0. The minimum atomic E-state index is -0.0200. The Balaban J connectivity index is 1.73. The fourth-order valence-corrected chi connectivity index (χ4v) is 3.94. The van der Waals surface area contributed by atoms with Gasteiger partial charge in [-0.2, -0.15) is 0 Å². The van der Waals surface area contributed by atoms with Crippen LogP contribution >= 0.6 is 0 Å². The van der Waals surface area contributed by atoms with Crippen LogP contribution in [0.4, 0.5) is 5.82 Å². The third kappa shape index (κ3) is 5.32. The van der Waals surface area contributed by atoms with E-state index in [0.717, 1.165) is 49.8 Å². The molecule has 1 aromatic heterocycles. The van der Waals surface area contributed by atoms with Gasteiger partial charge in [-0.15, -0.1) is 0 Å². The van der Waals surface area contributed by atoms with Gasteiger partial charge in [0.05, 0.1) is 11.7 Å². The molecular formula is C23H33N5O. The van der Waals surface area contributed by atoms with E-state index in [1.54, 1.807) is 6.92 Å². The summed E-state index contributed by atoms with van der Waals surface area (Å²) in [5.41, 5.74) is 3.62. The molecule has 1 fully saturated rings. The van der Waals surface area contributed by atoms with Crippen molar-refractivity contribution in [3.63, 3.8) is 0 Å². The van der Waals surface area contributed by atoms with E-state index in [2.05, 4.69) is 60.4 Å². The zero-order valence-corrected chi connectivity index (χ0v) is 18.3. The van der Waals surface area contributed by atoms with Crippen molar-refractivity contribution < 1.29 is 4.79 Å². The summed E-state index contributed by atoms with van der Waals surface area (Å²) < 4.78 is 0. The lowest BCUT2D eigenvalue weighted by atomic mass is 10.0. The van der Waals surface area contributed by atoms with Crippen LogP contribution in [0.5, 0.6) is 0 Å². The van der Waals surface area contributed by atoms with Crippen molar-refractivity contribution in [2.75, 3.05) is 26.0 Å². The Morgan fingerprint density at radius 3 is 2.59 bits per heavy atom. The van der Waals surface area contributed by atoms with Gasteiger partial charge in [-0.25, -0.2) is 9.97 Å². The third-order valence-corrected chi connectivity index (χ3v) is 5.54. The topological polar surface area (TPSA) is 61.4 Å². The summed E-state index contributed by atoms with van der Waals surface area (Å²) in [4.78, 5) is 25.6. The molecule has 1 atom stereocenters. The second-order valence-corrected chi connectivity index (χ2v) is 8.29. The molecule has 6 nitrogen and oxygen atoms in total. The summed E-state index contributed by atoms with van der Waals surface area (Å²) in [6.07, 6.45) is 1.92. The van der Waals surface area contributed by atoms with E-state index in [9.17, 15) is 4.79 Å². The van der Waals surface area contributed by atoms with E-state index in [1.165, 1.54) is 11.1 Å². The second-order valence-electron chi connectivity index (χ2n) is 8.29. The van der Waals surface area contributed by atoms with Crippen LogP contribution < -0.4 is 5.32 Å². The molecule has 1 saturated heterocycles. The number of rotatable bonds is 7. The van der Waals surface area contributed by atoms with Crippen LogP contribution in [0.1, 0.15) is 68.2 Å². The quantitative estimate of drug-likeness (QED) is 0.769. The minimum Gasteiger partial charge on any atom is -0.373 e. The molecular weight excluding hydrogens is 362 g/mol. The Morgan fingerprint density at radius 2 is 1.97 bits per heavy atom. The first-order chi connectivity index (χ1) is 13.9. The Kier molecular flexibility index (Phi) is 6.85. The molecule has 2 aromatic rings. The van der Waals surface area contributed by atoms with Crippen molar-refractivity contribution >= 4 is 11.7 Å². The molecule has 1 amide bonds. The molecule has 1 aromatic carbocycles. The van der Waals surface area contributed by atoms with Crippen molar-refractivity contribution in [3.8, 4) is 0 Å². The number of amides is 1. The molecule has 156 valence electrons. The van der Waals surface area contributed by atoms with Crippen LogP contribution in [0.2, 0.25) is 0 Å². The zero-order chi connectivity index (χ0) is 21.0. The molecule has 29 heavy (non-hydrogen) atoms. The average Bonchev–Trinajstić information content (AvgIpc) is 3.18. The molecule has 1 aliphatic heterocycles. The van der Waals surface area contributed by atoms with E-state index in [1.807, 2.05) is 18.0 Å². The predicted octanol–water partition coefficient (Wildman–Crippen LogP) is 3.96. The van der Waals surface area contributed by atoms with Crippen molar-refractivity contribution in [1.82, 2.24) is 19.8 Å². The number of benzene rings is 1. The zero-order valence-electron chi connectivity index (χ0n) is 18.3. The summed E-state index contributed by atoms with van der Waals surface area (Å²) in [6, 6.07) is 10.8. The lowest BCUT2D eigenvalue weighted by Gasteiger charge is -2.23. The monoisotopic (exact) mass is 395 g/mol. The van der Waals surface area contributed by atoms with E-state index in [-0.39, 0.29) is 11.9 Å². The molecule has 6 heteroatoms. The van der Waals surface area contributed by atoms with Gasteiger partial charge in [0, 0.05) is 39.7 Å². The summed E-state index contributed by atoms with van der Waals surface area (Å²) in [6.45, 7) is 8.42. The number of carbonyl (C=O) groups is 1. The fraction of sp³-hybridized carbons (Fsp3) is 0.522. The third-order valence-electron chi connectivity index (χ3n) is 5.54. The van der Waals surface area contributed by atoms with Crippen LogP contribution in [-0.2, 0) is 17.9 Å². The Bertz CT molecular complexity index is 834. The van der Waals surface area contributed by atoms with Gasteiger partial charge in [-0.05, 0) is 36.9 Å².